The normalized spacial score (nSPS) is 21.2. The predicted molar refractivity (Wildman–Crippen MR) is 136 cm³/mol. The van der Waals surface area contributed by atoms with Crippen molar-refractivity contribution >= 4 is 45.9 Å². The number of fused-ring (bicyclic) bond motifs is 3. The lowest BCUT2D eigenvalue weighted by Crippen LogP contribution is -2.51. The van der Waals surface area contributed by atoms with Gasteiger partial charge in [0, 0.05) is 23.9 Å². The van der Waals surface area contributed by atoms with Gasteiger partial charge >= 0.3 is 0 Å². The van der Waals surface area contributed by atoms with Gasteiger partial charge in [-0.1, -0.05) is 43.6 Å². The van der Waals surface area contributed by atoms with Gasteiger partial charge in [0.2, 0.25) is 11.8 Å². The molecule has 3 aromatic rings. The number of aromatic nitrogens is 1. The standard InChI is InChI=1S/C27H25ClFN5O3/c1-14(2)9-22(32-24(35)21-10-16-19(29)7-4-8-20(16)31-21)25(36)34-13-27(11-15(34)12-30)17-5-3-6-18(28)23(17)33-26(27)37/h3-8,10,14-15,22,31H,9,11,13H2,1-2H3,(H,32,35)(H,33,37)/t15-,22-,27-/m0/s1. The Balaban J connectivity index is 1.43. The van der Waals surface area contributed by atoms with Gasteiger partial charge in [-0.2, -0.15) is 5.26 Å². The predicted octanol–water partition coefficient (Wildman–Crippen LogP) is 4.12. The molecule has 3 N–H and O–H groups in total. The topological polar surface area (TPSA) is 118 Å². The monoisotopic (exact) mass is 521 g/mol. The van der Waals surface area contributed by atoms with Crippen LogP contribution in [0.3, 0.4) is 0 Å². The summed E-state index contributed by atoms with van der Waals surface area (Å²) in [5, 5.41) is 16.2. The summed E-state index contributed by atoms with van der Waals surface area (Å²) < 4.78 is 14.1. The van der Waals surface area contributed by atoms with Gasteiger partial charge in [-0.3, -0.25) is 14.4 Å². The Hall–Kier alpha value is -3.90. The van der Waals surface area contributed by atoms with Gasteiger partial charge in [-0.05, 0) is 42.2 Å². The maximum atomic E-state index is 14.1. The van der Waals surface area contributed by atoms with Crippen molar-refractivity contribution in [3.05, 3.63) is 64.6 Å². The number of anilines is 1. The van der Waals surface area contributed by atoms with E-state index in [0.717, 1.165) is 0 Å². The lowest BCUT2D eigenvalue weighted by atomic mass is 9.80. The van der Waals surface area contributed by atoms with Crippen LogP contribution in [0.5, 0.6) is 0 Å². The van der Waals surface area contributed by atoms with Crippen LogP contribution >= 0.6 is 11.6 Å². The van der Waals surface area contributed by atoms with E-state index in [1.807, 2.05) is 13.8 Å². The average Bonchev–Trinajstić information content (AvgIpc) is 3.54. The van der Waals surface area contributed by atoms with Crippen LogP contribution in [0, 0.1) is 23.1 Å². The third-order valence-electron chi connectivity index (χ3n) is 7.16. The summed E-state index contributed by atoms with van der Waals surface area (Å²) in [7, 11) is 0. The van der Waals surface area contributed by atoms with E-state index < -0.39 is 35.1 Å². The molecule has 0 saturated carbocycles. The van der Waals surface area contributed by atoms with Crippen LogP contribution < -0.4 is 10.6 Å². The summed E-state index contributed by atoms with van der Waals surface area (Å²) in [5.74, 6) is -1.74. The number of benzene rings is 2. The van der Waals surface area contributed by atoms with E-state index in [1.165, 1.54) is 23.1 Å². The Morgan fingerprint density at radius 1 is 1.30 bits per heavy atom. The first kappa shape index (κ1) is 24.8. The van der Waals surface area contributed by atoms with Crippen molar-refractivity contribution in [3.63, 3.8) is 0 Å². The van der Waals surface area contributed by atoms with Gasteiger partial charge in [0.15, 0.2) is 0 Å². The van der Waals surface area contributed by atoms with Gasteiger partial charge in [0.1, 0.15) is 23.6 Å². The number of amides is 3. The second-order valence-corrected chi connectivity index (χ2v) is 10.5. The van der Waals surface area contributed by atoms with E-state index in [2.05, 4.69) is 21.7 Å². The molecule has 10 heteroatoms. The van der Waals surface area contributed by atoms with Crippen molar-refractivity contribution in [3.8, 4) is 6.07 Å². The molecule has 2 aliphatic rings. The van der Waals surface area contributed by atoms with Crippen LogP contribution in [0.1, 0.15) is 42.7 Å². The Morgan fingerprint density at radius 2 is 2.05 bits per heavy atom. The molecule has 0 unspecified atom stereocenters. The first-order valence-electron chi connectivity index (χ1n) is 12.0. The SMILES string of the molecule is CC(C)C[C@H](NC(=O)c1cc2c(F)cccc2[nH]1)C(=O)N1C[C@]2(C[C@H]1C#N)C(=O)Nc1c(Cl)cccc12. The fourth-order valence-electron chi connectivity index (χ4n) is 5.39. The van der Waals surface area contributed by atoms with Gasteiger partial charge in [-0.25, -0.2) is 4.39 Å². The second-order valence-electron chi connectivity index (χ2n) is 10.1. The summed E-state index contributed by atoms with van der Waals surface area (Å²) >= 11 is 6.29. The fraction of sp³-hybridized carbons (Fsp3) is 0.333. The average molecular weight is 522 g/mol. The fourth-order valence-corrected chi connectivity index (χ4v) is 5.61. The second kappa shape index (κ2) is 9.20. The van der Waals surface area contributed by atoms with Crippen molar-refractivity contribution in [2.75, 3.05) is 11.9 Å². The smallest absolute Gasteiger partial charge is 0.268 e. The number of halogens is 2. The molecule has 3 amide bonds. The van der Waals surface area contributed by atoms with Crippen molar-refractivity contribution < 1.29 is 18.8 Å². The Bertz CT molecular complexity index is 1480. The zero-order valence-electron chi connectivity index (χ0n) is 20.3. The number of likely N-dealkylation sites (tertiary alicyclic amines) is 1. The third kappa shape index (κ3) is 4.11. The third-order valence-corrected chi connectivity index (χ3v) is 7.47. The number of hydrogen-bond acceptors (Lipinski definition) is 4. The van der Waals surface area contributed by atoms with Crippen LogP contribution in [0.15, 0.2) is 42.5 Å². The minimum Gasteiger partial charge on any atom is -0.350 e. The molecule has 0 radical (unpaired) electrons. The van der Waals surface area contributed by atoms with E-state index in [1.54, 1.807) is 24.3 Å². The maximum absolute atomic E-state index is 14.1. The number of nitrogens with one attached hydrogen (secondary N) is 3. The Morgan fingerprint density at radius 3 is 2.76 bits per heavy atom. The van der Waals surface area contributed by atoms with Gasteiger partial charge in [-0.15, -0.1) is 0 Å². The number of hydrogen-bond donors (Lipinski definition) is 3. The summed E-state index contributed by atoms with van der Waals surface area (Å²) in [6.07, 6.45) is 0.438. The van der Waals surface area contributed by atoms with Crippen molar-refractivity contribution in [1.82, 2.24) is 15.2 Å². The molecule has 8 nitrogen and oxygen atoms in total. The summed E-state index contributed by atoms with van der Waals surface area (Å²) in [5.41, 5.74) is 0.642. The molecule has 3 atom stereocenters. The van der Waals surface area contributed by atoms with Gasteiger partial charge < -0.3 is 20.5 Å². The summed E-state index contributed by atoms with van der Waals surface area (Å²) in [4.78, 5) is 44.3. The van der Waals surface area contributed by atoms with E-state index in [9.17, 15) is 24.0 Å². The Labute approximate surface area is 217 Å². The number of carbonyl (C=O) groups is 3. The molecule has 0 aliphatic carbocycles. The molecule has 5 rings (SSSR count). The van der Waals surface area contributed by atoms with Crippen LogP contribution in [-0.4, -0.2) is 46.2 Å². The number of nitrogens with zero attached hydrogens (tertiary/aromatic N) is 2. The van der Waals surface area contributed by atoms with E-state index >= 15 is 0 Å². The highest BCUT2D eigenvalue weighted by Gasteiger charge is 2.57. The summed E-state index contributed by atoms with van der Waals surface area (Å²) in [6.45, 7) is 3.83. The maximum Gasteiger partial charge on any atom is 0.268 e. The number of para-hydroxylation sites is 1. The highest BCUT2D eigenvalue weighted by atomic mass is 35.5. The molecule has 3 heterocycles. The minimum absolute atomic E-state index is 0.00863. The molecule has 190 valence electrons. The van der Waals surface area contributed by atoms with Gasteiger partial charge in [0.05, 0.1) is 22.2 Å². The molecular weight excluding hydrogens is 497 g/mol. The summed E-state index contributed by atoms with van der Waals surface area (Å²) in [6, 6.07) is 11.4. The zero-order valence-corrected chi connectivity index (χ0v) is 21.0. The van der Waals surface area contributed by atoms with E-state index in [4.69, 9.17) is 11.6 Å². The molecule has 0 bridgehead atoms. The van der Waals surface area contributed by atoms with Crippen molar-refractivity contribution in [2.24, 2.45) is 5.92 Å². The lowest BCUT2D eigenvalue weighted by Gasteiger charge is -2.28. The van der Waals surface area contributed by atoms with Crippen LogP contribution in [0.2, 0.25) is 5.02 Å². The Kier molecular flexibility index (Phi) is 6.16. The quantitative estimate of drug-likeness (QED) is 0.468. The molecule has 1 aromatic heterocycles. The first-order valence-corrected chi connectivity index (χ1v) is 12.4. The molecular formula is C27H25ClFN5O3. The molecule has 37 heavy (non-hydrogen) atoms. The number of nitriles is 1. The van der Waals surface area contributed by atoms with Gasteiger partial charge in [0.25, 0.3) is 5.91 Å². The molecule has 1 fully saturated rings. The van der Waals surface area contributed by atoms with Crippen LogP contribution in [0.4, 0.5) is 10.1 Å². The number of rotatable bonds is 5. The number of aromatic amines is 1. The first-order chi connectivity index (χ1) is 17.6. The zero-order chi connectivity index (χ0) is 26.5. The van der Waals surface area contributed by atoms with E-state index in [0.29, 0.717) is 28.2 Å². The largest absolute Gasteiger partial charge is 0.350 e. The molecule has 1 saturated heterocycles. The van der Waals surface area contributed by atoms with Crippen molar-refractivity contribution in [1.29, 1.82) is 5.26 Å². The number of H-pyrrole nitrogens is 1. The molecule has 1 spiro atoms. The van der Waals surface area contributed by atoms with E-state index in [-0.39, 0.29) is 35.9 Å². The van der Waals surface area contributed by atoms with Crippen LogP contribution in [0.25, 0.3) is 10.9 Å². The highest BCUT2D eigenvalue weighted by molar-refractivity contribution is 6.34. The lowest BCUT2D eigenvalue weighted by molar-refractivity contribution is -0.134. The highest BCUT2D eigenvalue weighted by Crippen LogP contribution is 2.48. The van der Waals surface area contributed by atoms with Crippen LogP contribution in [-0.2, 0) is 15.0 Å². The molecule has 2 aliphatic heterocycles. The number of carbonyl (C=O) groups excluding carboxylic acids is 3. The van der Waals surface area contributed by atoms with Crippen molar-refractivity contribution in [2.45, 2.75) is 44.2 Å². The minimum atomic E-state index is -1.10. The molecule has 2 aromatic carbocycles.